The van der Waals surface area contributed by atoms with Crippen molar-refractivity contribution in [1.29, 1.82) is 0 Å². The molecule has 3 aromatic rings. The fraction of sp³-hybridized carbons (Fsp3) is 0.375. The van der Waals surface area contributed by atoms with E-state index in [-0.39, 0.29) is 18.4 Å². The third-order valence-electron chi connectivity index (χ3n) is 6.81. The number of ether oxygens (including phenoxy) is 2. The Balaban J connectivity index is 1.49. The van der Waals surface area contributed by atoms with E-state index >= 15 is 0 Å². The third kappa shape index (κ3) is 6.94. The molecular weight excluding hydrogens is 476 g/mol. The number of nitrogens with one attached hydrogen (secondary N) is 1. The first-order valence-electron chi connectivity index (χ1n) is 13.5. The molecule has 1 amide bonds. The summed E-state index contributed by atoms with van der Waals surface area (Å²) in [6.45, 7) is 7.49. The summed E-state index contributed by atoms with van der Waals surface area (Å²) >= 11 is 0. The minimum Gasteiger partial charge on any atom is -0.476 e. The topological polar surface area (TPSA) is 67.9 Å². The van der Waals surface area contributed by atoms with Gasteiger partial charge in [-0.3, -0.25) is 4.79 Å². The minimum atomic E-state index is -1.10. The van der Waals surface area contributed by atoms with Gasteiger partial charge in [-0.2, -0.15) is 0 Å². The van der Waals surface area contributed by atoms with E-state index in [1.165, 1.54) is 24.9 Å². The van der Waals surface area contributed by atoms with Gasteiger partial charge in [-0.1, -0.05) is 60.7 Å². The van der Waals surface area contributed by atoms with Crippen LogP contribution in [0.4, 0.5) is 5.69 Å². The average molecular weight is 515 g/mol. The zero-order chi connectivity index (χ0) is 27.0. The van der Waals surface area contributed by atoms with Crippen molar-refractivity contribution in [2.24, 2.45) is 0 Å². The second kappa shape index (κ2) is 12.6. The molecule has 1 aliphatic rings. The van der Waals surface area contributed by atoms with E-state index in [1.807, 2.05) is 36.4 Å². The van der Waals surface area contributed by atoms with Gasteiger partial charge in [-0.15, -0.1) is 0 Å². The van der Waals surface area contributed by atoms with Crippen molar-refractivity contribution in [2.75, 3.05) is 24.6 Å². The van der Waals surface area contributed by atoms with Crippen LogP contribution in [0.5, 0.6) is 5.75 Å². The van der Waals surface area contributed by atoms with Gasteiger partial charge in [0.15, 0.2) is 5.60 Å². The molecule has 1 N–H and O–H groups in total. The van der Waals surface area contributed by atoms with Gasteiger partial charge in [0.05, 0.1) is 19.1 Å². The number of rotatable bonds is 10. The molecule has 4 rings (SSSR count). The van der Waals surface area contributed by atoms with Crippen LogP contribution in [0, 0.1) is 0 Å². The molecule has 0 saturated carbocycles. The largest absolute Gasteiger partial charge is 0.476 e. The summed E-state index contributed by atoms with van der Waals surface area (Å²) in [5, 5.41) is 3.30. The number of carbonyl (C=O) groups excluding carboxylic acids is 2. The van der Waals surface area contributed by atoms with Crippen molar-refractivity contribution in [1.82, 2.24) is 5.32 Å². The van der Waals surface area contributed by atoms with E-state index in [0.717, 1.165) is 29.8 Å². The summed E-state index contributed by atoms with van der Waals surface area (Å²) in [5.41, 5.74) is 3.11. The molecule has 1 saturated heterocycles. The monoisotopic (exact) mass is 514 g/mol. The van der Waals surface area contributed by atoms with Crippen LogP contribution in [0.1, 0.15) is 62.8 Å². The van der Waals surface area contributed by atoms with Gasteiger partial charge in [0.25, 0.3) is 0 Å². The standard InChI is InChI=1S/C32H38N2O4/c1-4-37-31(36)32(2,3)38-26-19-17-24(18-20-26)23-29(35)33-30(25-13-7-5-8-14-25)27-15-9-10-16-28(27)34-21-11-6-12-22-34/h5,7-10,13-20,30H,4,6,11-12,21-23H2,1-3H3,(H,33,35). The molecule has 3 aromatic carbocycles. The summed E-state index contributed by atoms with van der Waals surface area (Å²) in [7, 11) is 0. The van der Waals surface area contributed by atoms with Crippen LogP contribution in [0.15, 0.2) is 78.9 Å². The van der Waals surface area contributed by atoms with Crippen molar-refractivity contribution in [3.05, 3.63) is 95.6 Å². The third-order valence-corrected chi connectivity index (χ3v) is 6.81. The van der Waals surface area contributed by atoms with Crippen LogP contribution in [0.25, 0.3) is 0 Å². The average Bonchev–Trinajstić information content (AvgIpc) is 2.94. The lowest BCUT2D eigenvalue weighted by Crippen LogP contribution is -2.39. The predicted octanol–water partition coefficient (Wildman–Crippen LogP) is 5.85. The molecule has 0 spiro atoms. The van der Waals surface area contributed by atoms with Crippen LogP contribution in [-0.4, -0.2) is 37.2 Å². The van der Waals surface area contributed by atoms with Crippen molar-refractivity contribution in [3.63, 3.8) is 0 Å². The van der Waals surface area contributed by atoms with E-state index < -0.39 is 11.6 Å². The van der Waals surface area contributed by atoms with Crippen LogP contribution < -0.4 is 15.0 Å². The highest BCUT2D eigenvalue weighted by molar-refractivity contribution is 5.80. The number of benzene rings is 3. The first kappa shape index (κ1) is 27.2. The molecular formula is C32H38N2O4. The highest BCUT2D eigenvalue weighted by Gasteiger charge is 2.31. The highest BCUT2D eigenvalue weighted by Crippen LogP contribution is 2.32. The van der Waals surface area contributed by atoms with E-state index in [4.69, 9.17) is 9.47 Å². The Bertz CT molecular complexity index is 1200. The van der Waals surface area contributed by atoms with E-state index in [9.17, 15) is 9.59 Å². The molecule has 0 radical (unpaired) electrons. The van der Waals surface area contributed by atoms with Crippen LogP contribution in [0.3, 0.4) is 0 Å². The number of nitrogens with zero attached hydrogens (tertiary/aromatic N) is 1. The van der Waals surface area contributed by atoms with Crippen molar-refractivity contribution in [3.8, 4) is 5.75 Å². The molecule has 6 heteroatoms. The Kier molecular flexibility index (Phi) is 9.06. The smallest absolute Gasteiger partial charge is 0.349 e. The predicted molar refractivity (Wildman–Crippen MR) is 150 cm³/mol. The number of piperidine rings is 1. The van der Waals surface area contributed by atoms with Crippen LogP contribution >= 0.6 is 0 Å². The first-order chi connectivity index (χ1) is 18.4. The van der Waals surface area contributed by atoms with Gasteiger partial charge < -0.3 is 19.7 Å². The molecule has 1 atom stereocenters. The summed E-state index contributed by atoms with van der Waals surface area (Å²) in [5.74, 6) is 0.0675. The SMILES string of the molecule is CCOC(=O)C(C)(C)Oc1ccc(CC(=O)NC(c2ccccc2)c2ccccc2N2CCCCC2)cc1. The van der Waals surface area contributed by atoms with Crippen LogP contribution in [0.2, 0.25) is 0 Å². The van der Waals surface area contributed by atoms with E-state index in [1.54, 1.807) is 32.9 Å². The molecule has 1 heterocycles. The molecule has 38 heavy (non-hydrogen) atoms. The van der Waals surface area contributed by atoms with Gasteiger partial charge in [0.2, 0.25) is 5.91 Å². The second-order valence-electron chi connectivity index (χ2n) is 10.2. The Morgan fingerprint density at radius 3 is 2.24 bits per heavy atom. The summed E-state index contributed by atoms with van der Waals surface area (Å²) in [6, 6.07) is 25.6. The van der Waals surface area contributed by atoms with Gasteiger partial charge in [-0.05, 0) is 69.4 Å². The van der Waals surface area contributed by atoms with Crippen molar-refractivity contribution >= 4 is 17.6 Å². The molecule has 1 aliphatic heterocycles. The number of amides is 1. The van der Waals surface area contributed by atoms with Gasteiger partial charge in [0, 0.05) is 24.3 Å². The number of carbonyl (C=O) groups is 2. The first-order valence-corrected chi connectivity index (χ1v) is 13.5. The summed E-state index contributed by atoms with van der Waals surface area (Å²) in [4.78, 5) is 27.9. The number of esters is 1. The zero-order valence-electron chi connectivity index (χ0n) is 22.6. The Labute approximate surface area is 226 Å². The zero-order valence-corrected chi connectivity index (χ0v) is 22.6. The highest BCUT2D eigenvalue weighted by atomic mass is 16.6. The van der Waals surface area contributed by atoms with E-state index in [2.05, 4.69) is 40.5 Å². The summed E-state index contributed by atoms with van der Waals surface area (Å²) < 4.78 is 10.9. The maximum absolute atomic E-state index is 13.3. The quantitative estimate of drug-likeness (QED) is 0.344. The van der Waals surface area contributed by atoms with Crippen molar-refractivity contribution in [2.45, 2.75) is 58.1 Å². The maximum Gasteiger partial charge on any atom is 0.349 e. The summed E-state index contributed by atoms with van der Waals surface area (Å²) in [6.07, 6.45) is 3.87. The van der Waals surface area contributed by atoms with Crippen LogP contribution in [-0.2, 0) is 20.7 Å². The molecule has 0 aromatic heterocycles. The molecule has 6 nitrogen and oxygen atoms in total. The lowest BCUT2D eigenvalue weighted by molar-refractivity contribution is -0.158. The Morgan fingerprint density at radius 1 is 0.895 bits per heavy atom. The Morgan fingerprint density at radius 2 is 1.55 bits per heavy atom. The lowest BCUT2D eigenvalue weighted by atomic mass is 9.95. The number of hydrogen-bond donors (Lipinski definition) is 1. The number of para-hydroxylation sites is 1. The minimum absolute atomic E-state index is 0.0622. The molecule has 1 fully saturated rings. The normalized spacial score (nSPS) is 14.4. The molecule has 1 unspecified atom stereocenters. The fourth-order valence-corrected chi connectivity index (χ4v) is 4.85. The van der Waals surface area contributed by atoms with Gasteiger partial charge in [0.1, 0.15) is 5.75 Å². The van der Waals surface area contributed by atoms with Gasteiger partial charge in [-0.25, -0.2) is 4.79 Å². The van der Waals surface area contributed by atoms with Gasteiger partial charge >= 0.3 is 5.97 Å². The Hall–Kier alpha value is -3.80. The van der Waals surface area contributed by atoms with E-state index in [0.29, 0.717) is 12.4 Å². The number of anilines is 1. The molecule has 0 aliphatic carbocycles. The fourth-order valence-electron chi connectivity index (χ4n) is 4.85. The lowest BCUT2D eigenvalue weighted by Gasteiger charge is -2.33. The van der Waals surface area contributed by atoms with Crippen molar-refractivity contribution < 1.29 is 19.1 Å². The second-order valence-corrected chi connectivity index (χ2v) is 10.2. The molecule has 200 valence electrons. The number of hydrogen-bond acceptors (Lipinski definition) is 5. The molecule has 0 bridgehead atoms. The maximum atomic E-state index is 13.3.